The topological polar surface area (TPSA) is 42.2 Å². The lowest BCUT2D eigenvalue weighted by Crippen LogP contribution is -2.08. The predicted octanol–water partition coefficient (Wildman–Crippen LogP) is 3.67. The van der Waals surface area contributed by atoms with E-state index in [1.807, 2.05) is 6.92 Å². The molecule has 0 spiro atoms. The van der Waals surface area contributed by atoms with Gasteiger partial charge in [-0.05, 0) is 42.8 Å². The zero-order chi connectivity index (χ0) is 13.3. The van der Waals surface area contributed by atoms with E-state index in [1.165, 1.54) is 18.2 Å². The molecule has 0 bridgehead atoms. The molecule has 0 unspecified atom stereocenters. The van der Waals surface area contributed by atoms with Gasteiger partial charge in [0.15, 0.2) is 0 Å². The maximum atomic E-state index is 13.1. The van der Waals surface area contributed by atoms with Gasteiger partial charge in [-0.15, -0.1) is 0 Å². The number of nitrogens with zero attached hydrogens (tertiary/aromatic N) is 1. The lowest BCUT2D eigenvalue weighted by atomic mass is 10.1. The highest BCUT2D eigenvalue weighted by molar-refractivity contribution is 6.31. The van der Waals surface area contributed by atoms with Crippen LogP contribution >= 0.6 is 11.6 Å². The van der Waals surface area contributed by atoms with Crippen molar-refractivity contribution in [3.05, 3.63) is 46.9 Å². The zero-order valence-electron chi connectivity index (χ0n) is 9.65. The summed E-state index contributed by atoms with van der Waals surface area (Å²) in [6, 6.07) is 7.55. The Hall–Kier alpha value is -1.81. The molecule has 0 atom stereocenters. The van der Waals surface area contributed by atoms with Crippen molar-refractivity contribution in [3.63, 3.8) is 0 Å². The highest BCUT2D eigenvalue weighted by Crippen LogP contribution is 2.27. The van der Waals surface area contributed by atoms with Crippen LogP contribution in [0.3, 0.4) is 0 Å². The molecule has 0 saturated heterocycles. The number of carboxylic acid groups (broad SMARTS) is 1. The quantitative estimate of drug-likeness (QED) is 0.922. The molecule has 3 nitrogen and oxygen atoms in total. The second-order valence-electron chi connectivity index (χ2n) is 3.78. The Morgan fingerprint density at radius 2 is 2.11 bits per heavy atom. The van der Waals surface area contributed by atoms with E-state index in [9.17, 15) is 9.18 Å². The molecule has 2 rings (SSSR count). The molecule has 0 saturated carbocycles. The van der Waals surface area contributed by atoms with E-state index in [4.69, 9.17) is 16.7 Å². The first-order valence-corrected chi connectivity index (χ1v) is 5.80. The van der Waals surface area contributed by atoms with Gasteiger partial charge in [0.1, 0.15) is 11.5 Å². The van der Waals surface area contributed by atoms with Crippen LogP contribution in [0.4, 0.5) is 4.39 Å². The Labute approximate surface area is 108 Å². The number of halogens is 2. The van der Waals surface area contributed by atoms with Crippen molar-refractivity contribution in [1.29, 1.82) is 0 Å². The first-order valence-electron chi connectivity index (χ1n) is 5.42. The molecular formula is C13H11ClFNO2. The summed E-state index contributed by atoms with van der Waals surface area (Å²) in [5.41, 5.74) is 1.60. The Balaban J connectivity index is 2.57. The summed E-state index contributed by atoms with van der Waals surface area (Å²) in [4.78, 5) is 11.0. The first-order chi connectivity index (χ1) is 8.54. The average molecular weight is 268 g/mol. The van der Waals surface area contributed by atoms with Gasteiger partial charge in [0.05, 0.1) is 5.02 Å². The van der Waals surface area contributed by atoms with Crippen LogP contribution in [0.25, 0.3) is 11.3 Å². The molecule has 1 aromatic carbocycles. The molecule has 1 heterocycles. The van der Waals surface area contributed by atoms with E-state index in [0.29, 0.717) is 17.8 Å². The Morgan fingerprint density at radius 1 is 1.39 bits per heavy atom. The van der Waals surface area contributed by atoms with Gasteiger partial charge in [0, 0.05) is 12.2 Å². The molecule has 94 valence electrons. The van der Waals surface area contributed by atoms with Gasteiger partial charge in [0.2, 0.25) is 0 Å². The van der Waals surface area contributed by atoms with E-state index in [-0.39, 0.29) is 10.7 Å². The van der Waals surface area contributed by atoms with Crippen LogP contribution in [-0.4, -0.2) is 15.6 Å². The molecule has 1 aromatic heterocycles. The van der Waals surface area contributed by atoms with E-state index >= 15 is 0 Å². The highest BCUT2D eigenvalue weighted by Gasteiger charge is 2.14. The SMILES string of the molecule is CCn1c(C(=O)O)ccc1-c1ccc(F)c(Cl)c1. The molecule has 1 N–H and O–H groups in total. The summed E-state index contributed by atoms with van der Waals surface area (Å²) >= 11 is 5.73. The van der Waals surface area contributed by atoms with Crippen molar-refractivity contribution < 1.29 is 14.3 Å². The molecule has 0 fully saturated rings. The third kappa shape index (κ3) is 2.11. The van der Waals surface area contributed by atoms with Crippen LogP contribution in [0.1, 0.15) is 17.4 Å². The van der Waals surface area contributed by atoms with E-state index in [0.717, 1.165) is 0 Å². The largest absolute Gasteiger partial charge is 0.477 e. The fourth-order valence-electron chi connectivity index (χ4n) is 1.90. The maximum absolute atomic E-state index is 13.1. The lowest BCUT2D eigenvalue weighted by molar-refractivity contribution is 0.0685. The maximum Gasteiger partial charge on any atom is 0.352 e. The number of carbonyl (C=O) groups is 1. The van der Waals surface area contributed by atoms with Crippen LogP contribution in [0.15, 0.2) is 30.3 Å². The van der Waals surface area contributed by atoms with Crippen molar-refractivity contribution in [2.24, 2.45) is 0 Å². The molecule has 0 aliphatic heterocycles. The lowest BCUT2D eigenvalue weighted by Gasteiger charge is -2.09. The number of rotatable bonds is 3. The van der Waals surface area contributed by atoms with Gasteiger partial charge in [0.25, 0.3) is 0 Å². The van der Waals surface area contributed by atoms with Crippen molar-refractivity contribution >= 4 is 17.6 Å². The zero-order valence-corrected chi connectivity index (χ0v) is 10.4. The van der Waals surface area contributed by atoms with Crippen LogP contribution < -0.4 is 0 Å². The Bertz CT molecular complexity index is 607. The molecule has 5 heteroatoms. The van der Waals surface area contributed by atoms with Gasteiger partial charge in [-0.1, -0.05) is 11.6 Å². The number of aromatic carboxylic acids is 1. The Morgan fingerprint density at radius 3 is 2.67 bits per heavy atom. The van der Waals surface area contributed by atoms with Crippen molar-refractivity contribution in [2.45, 2.75) is 13.5 Å². The summed E-state index contributed by atoms with van der Waals surface area (Å²) in [6.45, 7) is 2.36. The van der Waals surface area contributed by atoms with Gasteiger partial charge < -0.3 is 9.67 Å². The van der Waals surface area contributed by atoms with Gasteiger partial charge in [-0.25, -0.2) is 9.18 Å². The minimum atomic E-state index is -0.990. The van der Waals surface area contributed by atoms with Crippen LogP contribution in [0.2, 0.25) is 5.02 Å². The van der Waals surface area contributed by atoms with Crippen molar-refractivity contribution in [1.82, 2.24) is 4.57 Å². The molecule has 2 aromatic rings. The van der Waals surface area contributed by atoms with Gasteiger partial charge >= 0.3 is 5.97 Å². The molecule has 0 aliphatic rings. The number of hydrogen-bond acceptors (Lipinski definition) is 1. The third-order valence-electron chi connectivity index (χ3n) is 2.73. The molecular weight excluding hydrogens is 257 g/mol. The second kappa shape index (κ2) is 4.82. The minimum absolute atomic E-state index is 0.0215. The van der Waals surface area contributed by atoms with Crippen LogP contribution in [0, 0.1) is 5.82 Å². The highest BCUT2D eigenvalue weighted by atomic mass is 35.5. The number of carboxylic acids is 1. The summed E-state index contributed by atoms with van der Waals surface area (Å²) in [7, 11) is 0. The monoisotopic (exact) mass is 267 g/mol. The second-order valence-corrected chi connectivity index (χ2v) is 4.19. The molecule has 0 amide bonds. The fraction of sp³-hybridized carbons (Fsp3) is 0.154. The molecule has 0 radical (unpaired) electrons. The van der Waals surface area contributed by atoms with Gasteiger partial charge in [-0.3, -0.25) is 0 Å². The first kappa shape index (κ1) is 12.6. The van der Waals surface area contributed by atoms with E-state index in [1.54, 1.807) is 16.7 Å². The minimum Gasteiger partial charge on any atom is -0.477 e. The summed E-state index contributed by atoms with van der Waals surface area (Å²) in [5.74, 6) is -1.48. The Kier molecular flexibility index (Phi) is 3.39. The predicted molar refractivity (Wildman–Crippen MR) is 67.5 cm³/mol. The van der Waals surface area contributed by atoms with Crippen molar-refractivity contribution in [2.75, 3.05) is 0 Å². The van der Waals surface area contributed by atoms with E-state index in [2.05, 4.69) is 0 Å². The van der Waals surface area contributed by atoms with Crippen molar-refractivity contribution in [3.8, 4) is 11.3 Å². The molecule has 18 heavy (non-hydrogen) atoms. The van der Waals surface area contributed by atoms with Crippen LogP contribution in [0.5, 0.6) is 0 Å². The normalized spacial score (nSPS) is 10.6. The number of benzene rings is 1. The number of hydrogen-bond donors (Lipinski definition) is 1. The summed E-state index contributed by atoms with van der Waals surface area (Å²) in [5, 5.41) is 9.07. The fourth-order valence-corrected chi connectivity index (χ4v) is 2.08. The number of aromatic nitrogens is 1. The molecule has 0 aliphatic carbocycles. The summed E-state index contributed by atoms with van der Waals surface area (Å²) in [6.07, 6.45) is 0. The third-order valence-corrected chi connectivity index (χ3v) is 3.02. The van der Waals surface area contributed by atoms with Gasteiger partial charge in [-0.2, -0.15) is 0 Å². The van der Waals surface area contributed by atoms with E-state index < -0.39 is 11.8 Å². The summed E-state index contributed by atoms with van der Waals surface area (Å²) < 4.78 is 14.7. The van der Waals surface area contributed by atoms with Crippen LogP contribution in [-0.2, 0) is 6.54 Å². The smallest absolute Gasteiger partial charge is 0.352 e. The standard InChI is InChI=1S/C13H11ClFNO2/c1-2-16-11(5-6-12(16)13(17)18)8-3-4-10(15)9(14)7-8/h3-7H,2H2,1H3,(H,17,18). The average Bonchev–Trinajstić information content (AvgIpc) is 2.76.